The van der Waals surface area contributed by atoms with E-state index in [1.165, 1.54) is 0 Å². The molecule has 1 unspecified atom stereocenters. The van der Waals surface area contributed by atoms with Gasteiger partial charge in [-0.3, -0.25) is 4.79 Å². The smallest absolute Gasteiger partial charge is 0.334 e. The van der Waals surface area contributed by atoms with E-state index in [0.29, 0.717) is 0 Å². The van der Waals surface area contributed by atoms with Gasteiger partial charge in [0.1, 0.15) is 0 Å². The highest BCUT2D eigenvalue weighted by molar-refractivity contribution is 5.78. The van der Waals surface area contributed by atoms with Crippen LogP contribution >= 0.6 is 0 Å². The number of aliphatic hydroxyl groups excluding tert-OH is 1. The number of carboxylic acid groups (broad SMARTS) is 1. The summed E-state index contributed by atoms with van der Waals surface area (Å²) in [6.45, 7) is -0.270. The quantitative estimate of drug-likeness (QED) is 0.573. The fourth-order valence-corrected chi connectivity index (χ4v) is 1.68. The number of carboxylic acids is 1. The maximum Gasteiger partial charge on any atom is 0.334 e. The molecular formula is C10H17NO5. The molecule has 6 heteroatoms. The molecule has 16 heavy (non-hydrogen) atoms. The second kappa shape index (κ2) is 5.27. The maximum atomic E-state index is 11.4. The highest BCUT2D eigenvalue weighted by Crippen LogP contribution is 2.37. The van der Waals surface area contributed by atoms with Crippen molar-refractivity contribution in [2.45, 2.75) is 37.4 Å². The summed E-state index contributed by atoms with van der Waals surface area (Å²) in [7, 11) is 1.57. The summed E-state index contributed by atoms with van der Waals surface area (Å²) in [5, 5.41) is 19.7. The van der Waals surface area contributed by atoms with E-state index in [1.807, 2.05) is 0 Å². The van der Waals surface area contributed by atoms with E-state index < -0.39 is 12.1 Å². The molecule has 0 heterocycles. The van der Waals surface area contributed by atoms with Gasteiger partial charge in [-0.1, -0.05) is 0 Å². The third-order valence-electron chi connectivity index (χ3n) is 2.96. The Morgan fingerprint density at radius 3 is 2.50 bits per heavy atom. The molecule has 1 aliphatic rings. The first kappa shape index (κ1) is 12.9. The van der Waals surface area contributed by atoms with Gasteiger partial charge in [-0.05, 0) is 19.3 Å². The molecule has 1 saturated carbocycles. The van der Waals surface area contributed by atoms with E-state index in [1.54, 1.807) is 7.11 Å². The van der Waals surface area contributed by atoms with E-state index in [-0.39, 0.29) is 24.5 Å². The predicted octanol–water partition coefficient (Wildman–Crippen LogP) is -0.493. The molecular weight excluding hydrogens is 214 g/mol. The third-order valence-corrected chi connectivity index (χ3v) is 2.96. The molecule has 3 N–H and O–H groups in total. The summed E-state index contributed by atoms with van der Waals surface area (Å²) in [4.78, 5) is 21.7. The van der Waals surface area contributed by atoms with Crippen LogP contribution in [0.4, 0.5) is 0 Å². The molecule has 0 aliphatic heterocycles. The number of ether oxygens (including phenoxy) is 1. The van der Waals surface area contributed by atoms with Gasteiger partial charge in [0.25, 0.3) is 0 Å². The summed E-state index contributed by atoms with van der Waals surface area (Å²) < 4.78 is 5.26. The van der Waals surface area contributed by atoms with Crippen LogP contribution in [-0.4, -0.2) is 47.4 Å². The number of carbonyl (C=O) groups excluding carboxylic acids is 1. The number of aliphatic carboxylic acids is 1. The molecule has 0 radical (unpaired) electrons. The minimum absolute atomic E-state index is 0.218. The average molecular weight is 231 g/mol. The van der Waals surface area contributed by atoms with Crippen molar-refractivity contribution in [3.63, 3.8) is 0 Å². The second-order valence-corrected chi connectivity index (χ2v) is 4.08. The Morgan fingerprint density at radius 1 is 1.50 bits per heavy atom. The molecule has 1 rings (SSSR count). The topological polar surface area (TPSA) is 95.9 Å². The van der Waals surface area contributed by atoms with Crippen LogP contribution in [0.1, 0.15) is 25.7 Å². The van der Waals surface area contributed by atoms with E-state index in [0.717, 1.165) is 19.3 Å². The van der Waals surface area contributed by atoms with Gasteiger partial charge in [0.05, 0.1) is 18.6 Å². The molecule has 0 spiro atoms. The maximum absolute atomic E-state index is 11.4. The fourth-order valence-electron chi connectivity index (χ4n) is 1.68. The van der Waals surface area contributed by atoms with Gasteiger partial charge in [-0.2, -0.15) is 0 Å². The van der Waals surface area contributed by atoms with Crippen molar-refractivity contribution in [1.29, 1.82) is 0 Å². The highest BCUT2D eigenvalue weighted by atomic mass is 16.5. The first-order valence-electron chi connectivity index (χ1n) is 5.22. The molecule has 1 atom stereocenters. The average Bonchev–Trinajstić information content (AvgIpc) is 2.19. The van der Waals surface area contributed by atoms with Crippen molar-refractivity contribution >= 4 is 11.9 Å². The number of nitrogens with one attached hydrogen (secondary N) is 1. The van der Waals surface area contributed by atoms with Gasteiger partial charge in [0.15, 0.2) is 6.10 Å². The molecule has 6 nitrogen and oxygen atoms in total. The zero-order valence-electron chi connectivity index (χ0n) is 9.23. The van der Waals surface area contributed by atoms with Gasteiger partial charge in [0.2, 0.25) is 5.91 Å². The van der Waals surface area contributed by atoms with Crippen LogP contribution < -0.4 is 5.32 Å². The molecule has 0 aromatic carbocycles. The van der Waals surface area contributed by atoms with Crippen molar-refractivity contribution in [2.75, 3.05) is 13.7 Å². The van der Waals surface area contributed by atoms with Crippen LogP contribution in [0, 0.1) is 0 Å². The Kier molecular flexibility index (Phi) is 4.26. The zero-order valence-corrected chi connectivity index (χ0v) is 9.23. The molecule has 0 aromatic rings. The Morgan fingerprint density at radius 2 is 2.12 bits per heavy atom. The standard InChI is InChI=1S/C10H17NO5/c1-16-10(3-2-4-10)5-8(13)11-6-7(12)9(14)15/h7,12H,2-6H2,1H3,(H,11,13)(H,14,15). The van der Waals surface area contributed by atoms with Crippen LogP contribution in [0.25, 0.3) is 0 Å². The number of carbonyl (C=O) groups is 2. The van der Waals surface area contributed by atoms with Crippen LogP contribution in [0.5, 0.6) is 0 Å². The van der Waals surface area contributed by atoms with Crippen molar-refractivity contribution in [3.05, 3.63) is 0 Å². The van der Waals surface area contributed by atoms with E-state index in [4.69, 9.17) is 14.9 Å². The lowest BCUT2D eigenvalue weighted by molar-refractivity contribution is -0.146. The Labute approximate surface area is 93.6 Å². The minimum Gasteiger partial charge on any atom is -0.479 e. The summed E-state index contributed by atoms with van der Waals surface area (Å²) in [6, 6.07) is 0. The van der Waals surface area contributed by atoms with Crippen molar-refractivity contribution in [3.8, 4) is 0 Å². The minimum atomic E-state index is -1.55. The first-order valence-corrected chi connectivity index (χ1v) is 5.22. The SMILES string of the molecule is COC1(CC(=O)NCC(O)C(=O)O)CCC1. The Hall–Kier alpha value is -1.14. The third kappa shape index (κ3) is 3.18. The van der Waals surface area contributed by atoms with Gasteiger partial charge in [0, 0.05) is 7.11 Å². The van der Waals surface area contributed by atoms with E-state index in [2.05, 4.69) is 5.32 Å². The molecule has 0 saturated heterocycles. The number of hydrogen-bond donors (Lipinski definition) is 3. The fraction of sp³-hybridized carbons (Fsp3) is 0.800. The molecule has 1 fully saturated rings. The lowest BCUT2D eigenvalue weighted by Crippen LogP contribution is -2.45. The van der Waals surface area contributed by atoms with Crippen molar-refractivity contribution in [2.24, 2.45) is 0 Å². The molecule has 1 aliphatic carbocycles. The number of hydrogen-bond acceptors (Lipinski definition) is 4. The van der Waals surface area contributed by atoms with Crippen LogP contribution in [0.15, 0.2) is 0 Å². The lowest BCUT2D eigenvalue weighted by Gasteiger charge is -2.39. The first-order chi connectivity index (χ1) is 7.49. The number of rotatable bonds is 6. The monoisotopic (exact) mass is 231 g/mol. The van der Waals surface area contributed by atoms with Crippen LogP contribution in [0.3, 0.4) is 0 Å². The largest absolute Gasteiger partial charge is 0.479 e. The summed E-state index contributed by atoms with van der Waals surface area (Å²) >= 11 is 0. The summed E-state index contributed by atoms with van der Waals surface area (Å²) in [5.74, 6) is -1.63. The molecule has 1 amide bonds. The summed E-state index contributed by atoms with van der Waals surface area (Å²) in [6.07, 6.45) is 1.40. The Balaban J connectivity index is 2.28. The predicted molar refractivity (Wildman–Crippen MR) is 54.9 cm³/mol. The molecule has 0 bridgehead atoms. The van der Waals surface area contributed by atoms with Crippen molar-refractivity contribution in [1.82, 2.24) is 5.32 Å². The van der Waals surface area contributed by atoms with E-state index >= 15 is 0 Å². The van der Waals surface area contributed by atoms with E-state index in [9.17, 15) is 9.59 Å². The highest BCUT2D eigenvalue weighted by Gasteiger charge is 2.39. The van der Waals surface area contributed by atoms with Gasteiger partial charge >= 0.3 is 5.97 Å². The van der Waals surface area contributed by atoms with Gasteiger partial charge in [-0.25, -0.2) is 4.79 Å². The number of aliphatic hydroxyl groups is 1. The van der Waals surface area contributed by atoms with Crippen LogP contribution in [-0.2, 0) is 14.3 Å². The lowest BCUT2D eigenvalue weighted by atomic mass is 9.77. The van der Waals surface area contributed by atoms with Crippen molar-refractivity contribution < 1.29 is 24.5 Å². The normalized spacial score (nSPS) is 19.6. The second-order valence-electron chi connectivity index (χ2n) is 4.08. The Bertz CT molecular complexity index is 269. The van der Waals surface area contributed by atoms with Gasteiger partial charge in [-0.15, -0.1) is 0 Å². The number of amides is 1. The zero-order chi connectivity index (χ0) is 12.2. The summed E-state index contributed by atoms with van der Waals surface area (Å²) in [5.41, 5.74) is -0.377. The number of methoxy groups -OCH3 is 1. The van der Waals surface area contributed by atoms with Gasteiger partial charge < -0.3 is 20.3 Å². The van der Waals surface area contributed by atoms with Crippen LogP contribution in [0.2, 0.25) is 0 Å². The molecule has 92 valence electrons. The molecule has 0 aromatic heterocycles.